The van der Waals surface area contributed by atoms with Crippen molar-refractivity contribution in [1.82, 2.24) is 9.55 Å². The zero-order valence-corrected chi connectivity index (χ0v) is 15.3. The number of carbonyl (C=O) groups excluding carboxylic acids is 2. The van der Waals surface area contributed by atoms with E-state index in [2.05, 4.69) is 4.98 Å². The third-order valence-electron chi connectivity index (χ3n) is 4.78. The minimum atomic E-state index is -0.457. The van der Waals surface area contributed by atoms with Crippen molar-refractivity contribution in [2.45, 2.75) is 53.0 Å². The van der Waals surface area contributed by atoms with Crippen LogP contribution < -0.4 is 11.1 Å². The van der Waals surface area contributed by atoms with E-state index in [1.165, 1.54) is 16.7 Å². The molecule has 0 spiro atoms. The molecule has 2 aromatic rings. The number of aryl methyl sites for hydroxylation is 2. The van der Waals surface area contributed by atoms with E-state index in [4.69, 9.17) is 0 Å². The van der Waals surface area contributed by atoms with Crippen molar-refractivity contribution in [2.24, 2.45) is 0 Å². The highest BCUT2D eigenvalue weighted by atomic mass is 16.2. The lowest BCUT2D eigenvalue weighted by atomic mass is 9.84. The molecule has 0 saturated carbocycles. The van der Waals surface area contributed by atoms with Crippen LogP contribution in [0.3, 0.4) is 0 Å². The SMILES string of the molecule is CCCCn1c2c(c(C)cc1=O)C(=O)c1c(CCC)cc(=O)[nH]c1C2=O. The number of carbonyl (C=O) groups is 2. The Bertz CT molecular complexity index is 1030. The van der Waals surface area contributed by atoms with E-state index >= 15 is 0 Å². The average molecular weight is 354 g/mol. The van der Waals surface area contributed by atoms with Gasteiger partial charge in [0.2, 0.25) is 11.3 Å². The van der Waals surface area contributed by atoms with Crippen LogP contribution in [-0.2, 0) is 13.0 Å². The van der Waals surface area contributed by atoms with E-state index in [1.54, 1.807) is 6.92 Å². The molecule has 6 heteroatoms. The van der Waals surface area contributed by atoms with Crippen LogP contribution in [-0.4, -0.2) is 21.1 Å². The molecule has 26 heavy (non-hydrogen) atoms. The molecule has 0 aromatic carbocycles. The van der Waals surface area contributed by atoms with Gasteiger partial charge in [-0.05, 0) is 30.9 Å². The second-order valence-corrected chi connectivity index (χ2v) is 6.71. The predicted molar refractivity (Wildman–Crippen MR) is 98.3 cm³/mol. The fraction of sp³-hybridized carbons (Fsp3) is 0.400. The molecule has 6 nitrogen and oxygen atoms in total. The van der Waals surface area contributed by atoms with Gasteiger partial charge in [-0.25, -0.2) is 0 Å². The summed E-state index contributed by atoms with van der Waals surface area (Å²) in [5.41, 5.74) is 1.03. The summed E-state index contributed by atoms with van der Waals surface area (Å²) >= 11 is 0. The van der Waals surface area contributed by atoms with Gasteiger partial charge in [0.15, 0.2) is 5.78 Å². The fourth-order valence-electron chi connectivity index (χ4n) is 3.58. The Morgan fingerprint density at radius 1 is 0.962 bits per heavy atom. The lowest BCUT2D eigenvalue weighted by Crippen LogP contribution is -2.36. The van der Waals surface area contributed by atoms with Gasteiger partial charge in [0.25, 0.3) is 5.56 Å². The first-order valence-electron chi connectivity index (χ1n) is 9.00. The lowest BCUT2D eigenvalue weighted by Gasteiger charge is -2.24. The number of H-pyrrole nitrogens is 1. The average Bonchev–Trinajstić information content (AvgIpc) is 2.58. The minimum absolute atomic E-state index is 0.00805. The minimum Gasteiger partial charge on any atom is -0.318 e. The van der Waals surface area contributed by atoms with Gasteiger partial charge in [0.05, 0.1) is 11.1 Å². The number of rotatable bonds is 5. The number of aromatic amines is 1. The second-order valence-electron chi connectivity index (χ2n) is 6.71. The molecule has 1 aliphatic carbocycles. The molecule has 0 radical (unpaired) electrons. The molecule has 3 rings (SSSR count). The third-order valence-corrected chi connectivity index (χ3v) is 4.78. The molecule has 136 valence electrons. The van der Waals surface area contributed by atoms with Crippen molar-refractivity contribution >= 4 is 11.6 Å². The van der Waals surface area contributed by atoms with Crippen LogP contribution in [0.15, 0.2) is 21.7 Å². The van der Waals surface area contributed by atoms with E-state index in [9.17, 15) is 19.2 Å². The summed E-state index contributed by atoms with van der Waals surface area (Å²) < 4.78 is 1.37. The molecule has 0 bridgehead atoms. The number of pyridine rings is 2. The second kappa shape index (κ2) is 6.86. The van der Waals surface area contributed by atoms with Gasteiger partial charge < -0.3 is 9.55 Å². The summed E-state index contributed by atoms with van der Waals surface area (Å²) in [5.74, 6) is -0.751. The number of unbranched alkanes of at least 4 members (excludes halogenated alkanes) is 1. The van der Waals surface area contributed by atoms with Gasteiger partial charge in [-0.3, -0.25) is 19.2 Å². The molecule has 0 aliphatic heterocycles. The summed E-state index contributed by atoms with van der Waals surface area (Å²) in [6, 6.07) is 2.80. The fourth-order valence-corrected chi connectivity index (χ4v) is 3.58. The number of nitrogens with one attached hydrogen (secondary N) is 1. The van der Waals surface area contributed by atoms with E-state index in [0.29, 0.717) is 24.1 Å². The molecular formula is C20H22N2O4. The Balaban J connectivity index is 2.34. The normalized spacial score (nSPS) is 12.9. The number of aromatic nitrogens is 2. The Kier molecular flexibility index (Phi) is 4.76. The van der Waals surface area contributed by atoms with Crippen molar-refractivity contribution in [2.75, 3.05) is 0 Å². The summed E-state index contributed by atoms with van der Waals surface area (Å²) in [6.45, 7) is 5.98. The molecule has 2 heterocycles. The highest BCUT2D eigenvalue weighted by Crippen LogP contribution is 2.29. The highest BCUT2D eigenvalue weighted by Gasteiger charge is 2.36. The molecule has 2 aromatic heterocycles. The van der Waals surface area contributed by atoms with Gasteiger partial charge in [-0.1, -0.05) is 26.7 Å². The first kappa shape index (κ1) is 18.0. The van der Waals surface area contributed by atoms with E-state index in [1.807, 2.05) is 13.8 Å². The Labute approximate surface area is 150 Å². The Morgan fingerprint density at radius 2 is 1.69 bits per heavy atom. The van der Waals surface area contributed by atoms with Crippen LogP contribution in [0.25, 0.3) is 0 Å². The van der Waals surface area contributed by atoms with Crippen LogP contribution in [0.4, 0.5) is 0 Å². The predicted octanol–water partition coefficient (Wildman–Crippen LogP) is 2.37. The summed E-state index contributed by atoms with van der Waals surface area (Å²) in [5, 5.41) is 0. The number of ketones is 2. The summed E-state index contributed by atoms with van der Waals surface area (Å²) in [7, 11) is 0. The number of hydrogen-bond donors (Lipinski definition) is 1. The molecule has 1 aliphatic rings. The topological polar surface area (TPSA) is 89.0 Å². The molecule has 0 amide bonds. The molecule has 0 saturated heterocycles. The molecule has 0 atom stereocenters. The summed E-state index contributed by atoms with van der Waals surface area (Å²) in [6.07, 6.45) is 2.86. The van der Waals surface area contributed by atoms with Crippen molar-refractivity contribution in [1.29, 1.82) is 0 Å². The van der Waals surface area contributed by atoms with Crippen LogP contribution in [0.1, 0.15) is 76.3 Å². The molecule has 1 N–H and O–H groups in total. The van der Waals surface area contributed by atoms with Crippen molar-refractivity contribution in [3.05, 3.63) is 66.5 Å². The summed E-state index contributed by atoms with van der Waals surface area (Å²) in [4.78, 5) is 53.4. The van der Waals surface area contributed by atoms with Crippen LogP contribution in [0.5, 0.6) is 0 Å². The van der Waals surface area contributed by atoms with Crippen LogP contribution >= 0.6 is 0 Å². The monoisotopic (exact) mass is 354 g/mol. The van der Waals surface area contributed by atoms with Crippen LogP contribution in [0, 0.1) is 6.92 Å². The van der Waals surface area contributed by atoms with E-state index < -0.39 is 11.3 Å². The van der Waals surface area contributed by atoms with Gasteiger partial charge in [-0.2, -0.15) is 0 Å². The maximum Gasteiger partial charge on any atom is 0.251 e. The maximum atomic E-state index is 13.2. The standard InChI is InChI=1S/C20H22N2O4/c1-4-6-8-22-14(24)9-11(3)15-18(22)20(26)17-16(19(15)25)12(7-5-2)10-13(23)21-17/h9-10H,4-8H2,1-3H3,(H,21,23). The molecular weight excluding hydrogens is 332 g/mol. The quantitative estimate of drug-likeness (QED) is 0.762. The van der Waals surface area contributed by atoms with E-state index in [-0.39, 0.29) is 33.9 Å². The molecule has 0 fully saturated rings. The number of nitrogens with zero attached hydrogens (tertiary/aromatic N) is 1. The number of fused-ring (bicyclic) bond motifs is 2. The Hall–Kier alpha value is -2.76. The van der Waals surface area contributed by atoms with Crippen molar-refractivity contribution < 1.29 is 9.59 Å². The van der Waals surface area contributed by atoms with E-state index in [0.717, 1.165) is 19.3 Å². The number of hydrogen-bond acceptors (Lipinski definition) is 4. The van der Waals surface area contributed by atoms with Gasteiger partial charge in [-0.15, -0.1) is 0 Å². The molecule has 0 unspecified atom stereocenters. The van der Waals surface area contributed by atoms with Gasteiger partial charge in [0, 0.05) is 18.7 Å². The first-order chi connectivity index (χ1) is 12.4. The van der Waals surface area contributed by atoms with Crippen LogP contribution in [0.2, 0.25) is 0 Å². The largest absolute Gasteiger partial charge is 0.318 e. The zero-order valence-electron chi connectivity index (χ0n) is 15.3. The maximum absolute atomic E-state index is 13.2. The van der Waals surface area contributed by atoms with Gasteiger partial charge in [0.1, 0.15) is 11.4 Å². The zero-order chi connectivity index (χ0) is 19.0. The smallest absolute Gasteiger partial charge is 0.251 e. The Morgan fingerprint density at radius 3 is 2.35 bits per heavy atom. The van der Waals surface area contributed by atoms with Crippen molar-refractivity contribution in [3.8, 4) is 0 Å². The first-order valence-corrected chi connectivity index (χ1v) is 9.00. The third kappa shape index (κ3) is 2.75. The lowest BCUT2D eigenvalue weighted by molar-refractivity contribution is 0.0964. The van der Waals surface area contributed by atoms with Crippen molar-refractivity contribution in [3.63, 3.8) is 0 Å². The highest BCUT2D eigenvalue weighted by molar-refractivity contribution is 6.28. The van der Waals surface area contributed by atoms with Gasteiger partial charge >= 0.3 is 0 Å².